The van der Waals surface area contributed by atoms with E-state index in [-0.39, 0.29) is 21.4 Å². The van der Waals surface area contributed by atoms with Crippen LogP contribution in [-0.4, -0.2) is 74.4 Å². The van der Waals surface area contributed by atoms with Gasteiger partial charge in [-0.1, -0.05) is 17.4 Å². The molecule has 46 heavy (non-hydrogen) atoms. The summed E-state index contributed by atoms with van der Waals surface area (Å²) in [5.41, 5.74) is -2.01. The Morgan fingerprint density at radius 3 is 2.22 bits per heavy atom. The number of anilines is 3. The van der Waals surface area contributed by atoms with E-state index in [2.05, 4.69) is 26.0 Å². The number of hydrogen-bond donors (Lipinski definition) is 4. The zero-order valence-corrected chi connectivity index (χ0v) is 27.6. The first-order chi connectivity index (χ1) is 21.4. The van der Waals surface area contributed by atoms with Gasteiger partial charge in [0.1, 0.15) is 38.5 Å². The maximum absolute atomic E-state index is 14.7. The molecular weight excluding hydrogens is 624 g/mol. The topological polar surface area (TPSA) is 160 Å². The number of thiazole rings is 1. The van der Waals surface area contributed by atoms with Crippen molar-refractivity contribution < 1.29 is 37.7 Å². The Balaban J connectivity index is 1.59. The highest BCUT2D eigenvalue weighted by Crippen LogP contribution is 2.36. The molecule has 0 radical (unpaired) electrons. The molecule has 4 N–H and O–H groups in total. The van der Waals surface area contributed by atoms with Crippen molar-refractivity contribution in [1.29, 1.82) is 0 Å². The summed E-state index contributed by atoms with van der Waals surface area (Å²) in [4.78, 5) is 44.8. The Labute approximate surface area is 269 Å². The van der Waals surface area contributed by atoms with Crippen molar-refractivity contribution in [1.82, 2.24) is 20.1 Å². The molecular formula is C30H39F2N7O6S. The quantitative estimate of drug-likeness (QED) is 0.275. The second-order valence-electron chi connectivity index (χ2n) is 12.8. The number of aliphatic hydroxyl groups is 1. The Kier molecular flexibility index (Phi) is 10.2. The van der Waals surface area contributed by atoms with Crippen LogP contribution in [0.3, 0.4) is 0 Å². The number of rotatable bonds is 6. The van der Waals surface area contributed by atoms with Crippen LogP contribution in [0.4, 0.5) is 34.9 Å². The van der Waals surface area contributed by atoms with Crippen LogP contribution in [0, 0.1) is 11.6 Å². The van der Waals surface area contributed by atoms with Gasteiger partial charge in [0.25, 0.3) is 5.91 Å². The summed E-state index contributed by atoms with van der Waals surface area (Å²) < 4.78 is 41.5. The number of halogens is 2. The number of hydrogen-bond acceptors (Lipinski definition) is 10. The monoisotopic (exact) mass is 663 g/mol. The first-order valence-corrected chi connectivity index (χ1v) is 15.4. The standard InChI is InChI=1S/C30H39F2N7O6S/c1-29(2,3)44-27(42)35-18-11-13-39(14-12-20(18)40)26-19(15-33-38(26)7)34-23(41)22-25(37-28(43)45-30(4,5)6)46-24(36-22)21-16(31)9-8-10-17(21)32/h8-10,15,18,20,40H,11-14H2,1-7H3,(H,34,41)(H,35,42)(H,37,43). The lowest BCUT2D eigenvalue weighted by atomic mass is 10.1. The molecule has 1 aliphatic rings. The molecule has 2 unspecified atom stereocenters. The Morgan fingerprint density at radius 1 is 0.978 bits per heavy atom. The highest BCUT2D eigenvalue weighted by Gasteiger charge is 2.31. The van der Waals surface area contributed by atoms with Crippen LogP contribution in [0.5, 0.6) is 0 Å². The second-order valence-corrected chi connectivity index (χ2v) is 13.8. The number of aryl methyl sites for hydroxylation is 1. The van der Waals surface area contributed by atoms with Crippen molar-refractivity contribution in [2.45, 2.75) is 77.7 Å². The average Bonchev–Trinajstić information content (AvgIpc) is 3.43. The Morgan fingerprint density at radius 2 is 1.59 bits per heavy atom. The number of aromatic nitrogens is 3. The fourth-order valence-corrected chi connectivity index (χ4v) is 5.76. The van der Waals surface area contributed by atoms with Gasteiger partial charge in [0.15, 0.2) is 11.5 Å². The van der Waals surface area contributed by atoms with Crippen LogP contribution in [0.25, 0.3) is 10.6 Å². The zero-order valence-electron chi connectivity index (χ0n) is 26.7. The average molecular weight is 664 g/mol. The van der Waals surface area contributed by atoms with Gasteiger partial charge in [0.05, 0.1) is 23.9 Å². The molecule has 0 aliphatic carbocycles. The van der Waals surface area contributed by atoms with Gasteiger partial charge in [0.2, 0.25) is 0 Å². The van der Waals surface area contributed by atoms with Crippen LogP contribution in [-0.2, 0) is 16.5 Å². The highest BCUT2D eigenvalue weighted by atomic mass is 32.1. The van der Waals surface area contributed by atoms with Crippen molar-refractivity contribution in [2.24, 2.45) is 7.05 Å². The van der Waals surface area contributed by atoms with Crippen LogP contribution < -0.4 is 20.9 Å². The molecule has 1 fully saturated rings. The van der Waals surface area contributed by atoms with E-state index in [0.717, 1.165) is 12.1 Å². The van der Waals surface area contributed by atoms with Crippen molar-refractivity contribution in [3.8, 4) is 10.6 Å². The van der Waals surface area contributed by atoms with Gasteiger partial charge in [-0.05, 0) is 66.5 Å². The third-order valence-corrected chi connectivity index (χ3v) is 7.65. The molecule has 16 heteroatoms. The summed E-state index contributed by atoms with van der Waals surface area (Å²) in [6.07, 6.45) is -0.273. The summed E-state index contributed by atoms with van der Waals surface area (Å²) in [5, 5.41) is 22.8. The second kappa shape index (κ2) is 13.6. The summed E-state index contributed by atoms with van der Waals surface area (Å²) in [7, 11) is 1.68. The van der Waals surface area contributed by atoms with Crippen molar-refractivity contribution in [3.05, 3.63) is 41.7 Å². The number of benzene rings is 1. The van der Waals surface area contributed by atoms with Crippen LogP contribution >= 0.6 is 11.3 Å². The fraction of sp³-hybridized carbons (Fsp3) is 0.500. The van der Waals surface area contributed by atoms with E-state index >= 15 is 0 Å². The number of aliphatic hydroxyl groups excluding tert-OH is 1. The molecule has 3 amide bonds. The van der Waals surface area contributed by atoms with Gasteiger partial charge in [-0.2, -0.15) is 5.10 Å². The molecule has 0 spiro atoms. The van der Waals surface area contributed by atoms with Gasteiger partial charge in [-0.15, -0.1) is 0 Å². The maximum Gasteiger partial charge on any atom is 0.412 e. The number of nitrogens with one attached hydrogen (secondary N) is 3. The normalized spacial score (nSPS) is 17.2. The number of nitrogens with zero attached hydrogens (tertiary/aromatic N) is 4. The number of carbonyl (C=O) groups excluding carboxylic acids is 3. The van der Waals surface area contributed by atoms with Crippen LogP contribution in [0.2, 0.25) is 0 Å². The first-order valence-electron chi connectivity index (χ1n) is 14.6. The number of carbonyl (C=O) groups is 3. The highest BCUT2D eigenvalue weighted by molar-refractivity contribution is 7.19. The molecule has 13 nitrogen and oxygen atoms in total. The number of amides is 3. The minimum Gasteiger partial charge on any atom is -0.444 e. The zero-order chi connectivity index (χ0) is 34.0. The van der Waals surface area contributed by atoms with E-state index in [4.69, 9.17) is 9.47 Å². The van der Waals surface area contributed by atoms with Crippen molar-refractivity contribution in [2.75, 3.05) is 28.6 Å². The largest absolute Gasteiger partial charge is 0.444 e. The predicted molar refractivity (Wildman–Crippen MR) is 169 cm³/mol. The van der Waals surface area contributed by atoms with E-state index < -0.39 is 58.6 Å². The lowest BCUT2D eigenvalue weighted by Gasteiger charge is -2.25. The number of alkyl carbamates (subject to hydrolysis) is 1. The molecule has 2 atom stereocenters. The molecule has 0 saturated carbocycles. The first kappa shape index (κ1) is 34.6. The van der Waals surface area contributed by atoms with Gasteiger partial charge in [-0.25, -0.2) is 23.4 Å². The van der Waals surface area contributed by atoms with E-state index in [0.29, 0.717) is 43.1 Å². The third kappa shape index (κ3) is 8.69. The predicted octanol–water partition coefficient (Wildman–Crippen LogP) is 5.28. The molecule has 0 bridgehead atoms. The summed E-state index contributed by atoms with van der Waals surface area (Å²) in [5.74, 6) is -2.04. The molecule has 3 heterocycles. The van der Waals surface area contributed by atoms with E-state index in [1.807, 2.05) is 4.90 Å². The minimum absolute atomic E-state index is 0.0798. The van der Waals surface area contributed by atoms with Gasteiger partial charge in [0, 0.05) is 20.1 Å². The third-order valence-electron chi connectivity index (χ3n) is 6.66. The summed E-state index contributed by atoms with van der Waals surface area (Å²) in [6.45, 7) is 11.0. The summed E-state index contributed by atoms with van der Waals surface area (Å²) in [6, 6.07) is 2.76. The summed E-state index contributed by atoms with van der Waals surface area (Å²) >= 11 is 0.715. The molecule has 1 aromatic carbocycles. The molecule has 250 valence electrons. The van der Waals surface area contributed by atoms with Gasteiger partial charge in [-0.3, -0.25) is 14.8 Å². The van der Waals surface area contributed by atoms with E-state index in [1.54, 1.807) is 53.3 Å². The SMILES string of the molecule is Cn1ncc(NC(=O)c2nc(-c3c(F)cccc3F)sc2NC(=O)OC(C)(C)C)c1N1CCC(O)C(NC(=O)OC(C)(C)C)CC1. The lowest BCUT2D eigenvalue weighted by molar-refractivity contribution is 0.0419. The number of ether oxygens (including phenoxy) is 2. The van der Waals surface area contributed by atoms with Crippen molar-refractivity contribution >= 4 is 45.9 Å². The van der Waals surface area contributed by atoms with Crippen LogP contribution in [0.1, 0.15) is 64.9 Å². The molecule has 1 saturated heterocycles. The molecule has 1 aliphatic heterocycles. The maximum atomic E-state index is 14.7. The lowest BCUT2D eigenvalue weighted by Crippen LogP contribution is -2.45. The molecule has 4 rings (SSSR count). The molecule has 3 aromatic rings. The Bertz CT molecular complexity index is 1580. The van der Waals surface area contributed by atoms with Gasteiger partial charge >= 0.3 is 12.2 Å². The van der Waals surface area contributed by atoms with Crippen molar-refractivity contribution in [3.63, 3.8) is 0 Å². The van der Waals surface area contributed by atoms with Gasteiger partial charge < -0.3 is 30.1 Å². The smallest absolute Gasteiger partial charge is 0.412 e. The fourth-order valence-electron chi connectivity index (χ4n) is 4.77. The van der Waals surface area contributed by atoms with E-state index in [9.17, 15) is 28.3 Å². The van der Waals surface area contributed by atoms with E-state index in [1.165, 1.54) is 12.3 Å². The molecule has 2 aromatic heterocycles. The van der Waals surface area contributed by atoms with Crippen LogP contribution in [0.15, 0.2) is 24.4 Å². The Hall–Kier alpha value is -4.31. The minimum atomic E-state index is -0.887.